The lowest BCUT2D eigenvalue weighted by Crippen LogP contribution is -2.41. The van der Waals surface area contributed by atoms with Gasteiger partial charge in [0.1, 0.15) is 12.6 Å². The fourth-order valence-corrected chi connectivity index (χ4v) is 2.95. The van der Waals surface area contributed by atoms with E-state index in [1.807, 2.05) is 30.3 Å². The smallest absolute Gasteiger partial charge is 0.408 e. The molecule has 2 saturated carbocycles. The molecule has 3 rings (SSSR count). The van der Waals surface area contributed by atoms with Gasteiger partial charge in [0.15, 0.2) is 0 Å². The number of amides is 1. The topological polar surface area (TPSA) is 75.6 Å². The SMILES string of the molecule is O=C(NC(CC1CC12CC2)C(=O)O)OCc1ccccc1. The van der Waals surface area contributed by atoms with Crippen molar-refractivity contribution in [3.05, 3.63) is 35.9 Å². The molecule has 1 aromatic carbocycles. The number of hydrogen-bond donors (Lipinski definition) is 2. The molecule has 2 fully saturated rings. The molecule has 0 saturated heterocycles. The van der Waals surface area contributed by atoms with Gasteiger partial charge < -0.3 is 15.2 Å². The summed E-state index contributed by atoms with van der Waals surface area (Å²) in [5.74, 6) is -0.539. The number of rotatable bonds is 6. The van der Waals surface area contributed by atoms with Crippen molar-refractivity contribution in [3.8, 4) is 0 Å². The molecule has 2 N–H and O–H groups in total. The second kappa shape index (κ2) is 5.39. The van der Waals surface area contributed by atoms with Gasteiger partial charge in [-0.15, -0.1) is 0 Å². The van der Waals surface area contributed by atoms with E-state index in [4.69, 9.17) is 4.74 Å². The molecule has 1 aromatic rings. The Labute approximate surface area is 123 Å². The molecule has 2 aliphatic rings. The van der Waals surface area contributed by atoms with Gasteiger partial charge in [-0.05, 0) is 42.6 Å². The van der Waals surface area contributed by atoms with Crippen molar-refractivity contribution in [1.29, 1.82) is 0 Å². The zero-order valence-corrected chi connectivity index (χ0v) is 11.7. The Balaban J connectivity index is 1.46. The lowest BCUT2D eigenvalue weighted by Gasteiger charge is -2.14. The standard InChI is InChI=1S/C16H19NO4/c18-14(19)13(8-12-9-16(12)6-7-16)17-15(20)21-10-11-4-2-1-3-5-11/h1-5,12-13H,6-10H2,(H,17,20)(H,18,19). The number of nitrogens with one attached hydrogen (secondary N) is 1. The third kappa shape index (κ3) is 3.35. The van der Waals surface area contributed by atoms with E-state index in [9.17, 15) is 14.7 Å². The fourth-order valence-electron chi connectivity index (χ4n) is 2.95. The molecule has 1 spiro atoms. The average Bonchev–Trinajstić information content (AvgIpc) is 3.38. The van der Waals surface area contributed by atoms with Crippen molar-refractivity contribution >= 4 is 12.1 Å². The van der Waals surface area contributed by atoms with E-state index in [1.54, 1.807) is 0 Å². The normalized spacial score (nSPS) is 22.4. The van der Waals surface area contributed by atoms with Crippen LogP contribution in [0, 0.1) is 11.3 Å². The molecular formula is C16H19NO4. The van der Waals surface area contributed by atoms with E-state index < -0.39 is 18.1 Å². The van der Waals surface area contributed by atoms with Crippen molar-refractivity contribution in [3.63, 3.8) is 0 Å². The highest BCUT2D eigenvalue weighted by atomic mass is 16.5. The Bertz CT molecular complexity index is 538. The van der Waals surface area contributed by atoms with Crippen LogP contribution in [-0.4, -0.2) is 23.2 Å². The molecule has 2 unspecified atom stereocenters. The average molecular weight is 289 g/mol. The van der Waals surface area contributed by atoms with Crippen molar-refractivity contribution in [1.82, 2.24) is 5.32 Å². The minimum absolute atomic E-state index is 0.145. The summed E-state index contributed by atoms with van der Waals surface area (Å²) in [5.41, 5.74) is 1.31. The molecule has 5 heteroatoms. The molecule has 0 aliphatic heterocycles. The first kappa shape index (κ1) is 13.9. The molecule has 0 bridgehead atoms. The van der Waals surface area contributed by atoms with Crippen LogP contribution in [0.25, 0.3) is 0 Å². The monoisotopic (exact) mass is 289 g/mol. The number of hydrogen-bond acceptors (Lipinski definition) is 3. The summed E-state index contributed by atoms with van der Waals surface area (Å²) < 4.78 is 5.06. The maximum Gasteiger partial charge on any atom is 0.408 e. The van der Waals surface area contributed by atoms with E-state index in [-0.39, 0.29) is 6.61 Å². The molecule has 0 heterocycles. The number of alkyl carbamates (subject to hydrolysis) is 1. The van der Waals surface area contributed by atoms with Crippen molar-refractivity contribution in [2.24, 2.45) is 11.3 Å². The number of carbonyl (C=O) groups is 2. The molecule has 2 atom stereocenters. The number of benzene rings is 1. The van der Waals surface area contributed by atoms with Gasteiger partial charge in [0, 0.05) is 0 Å². The first-order chi connectivity index (χ1) is 10.1. The summed E-state index contributed by atoms with van der Waals surface area (Å²) in [6, 6.07) is 8.45. The zero-order chi connectivity index (χ0) is 14.9. The van der Waals surface area contributed by atoms with Crippen LogP contribution in [0.1, 0.15) is 31.2 Å². The van der Waals surface area contributed by atoms with Crippen LogP contribution in [0.2, 0.25) is 0 Å². The minimum atomic E-state index is -0.991. The van der Waals surface area contributed by atoms with E-state index in [0.29, 0.717) is 17.8 Å². The summed E-state index contributed by atoms with van der Waals surface area (Å²) in [5, 5.41) is 11.7. The van der Waals surface area contributed by atoms with Crippen molar-refractivity contribution in [2.75, 3.05) is 0 Å². The van der Waals surface area contributed by atoms with Gasteiger partial charge in [-0.2, -0.15) is 0 Å². The van der Waals surface area contributed by atoms with E-state index in [1.165, 1.54) is 12.8 Å². The van der Waals surface area contributed by atoms with Gasteiger partial charge >= 0.3 is 12.1 Å². The highest BCUT2D eigenvalue weighted by molar-refractivity contribution is 5.79. The maximum atomic E-state index is 11.7. The lowest BCUT2D eigenvalue weighted by molar-refractivity contribution is -0.139. The Morgan fingerprint density at radius 3 is 2.62 bits per heavy atom. The molecule has 1 amide bonds. The van der Waals surface area contributed by atoms with Gasteiger partial charge in [0.2, 0.25) is 0 Å². The van der Waals surface area contributed by atoms with Crippen LogP contribution in [0.3, 0.4) is 0 Å². The highest BCUT2D eigenvalue weighted by Gasteiger charge is 2.62. The summed E-state index contributed by atoms with van der Waals surface area (Å²) in [4.78, 5) is 22.9. The largest absolute Gasteiger partial charge is 0.480 e. The first-order valence-electron chi connectivity index (χ1n) is 7.29. The van der Waals surface area contributed by atoms with Crippen LogP contribution in [0.4, 0.5) is 4.79 Å². The van der Waals surface area contributed by atoms with E-state index in [0.717, 1.165) is 12.0 Å². The second-order valence-electron chi connectivity index (χ2n) is 6.10. The number of carbonyl (C=O) groups excluding carboxylic acids is 1. The second-order valence-corrected chi connectivity index (χ2v) is 6.10. The minimum Gasteiger partial charge on any atom is -0.480 e. The van der Waals surface area contributed by atoms with Crippen LogP contribution in [-0.2, 0) is 16.1 Å². The molecule has 0 aromatic heterocycles. The highest BCUT2D eigenvalue weighted by Crippen LogP contribution is 2.71. The summed E-state index contributed by atoms with van der Waals surface area (Å²) in [7, 11) is 0. The van der Waals surface area contributed by atoms with Crippen LogP contribution >= 0.6 is 0 Å². The number of carboxylic acid groups (broad SMARTS) is 1. The van der Waals surface area contributed by atoms with E-state index >= 15 is 0 Å². The third-order valence-electron chi connectivity index (χ3n) is 4.57. The van der Waals surface area contributed by atoms with Gasteiger partial charge in [0.25, 0.3) is 0 Å². The number of carboxylic acids is 1. The van der Waals surface area contributed by atoms with E-state index in [2.05, 4.69) is 5.32 Å². The Morgan fingerprint density at radius 1 is 1.33 bits per heavy atom. The van der Waals surface area contributed by atoms with Gasteiger partial charge in [0.05, 0.1) is 0 Å². The predicted octanol–water partition coefficient (Wildman–Crippen LogP) is 2.56. The van der Waals surface area contributed by atoms with Gasteiger partial charge in [-0.1, -0.05) is 30.3 Å². The molecule has 21 heavy (non-hydrogen) atoms. The van der Waals surface area contributed by atoms with Crippen LogP contribution in [0.5, 0.6) is 0 Å². The Morgan fingerprint density at radius 2 is 2.05 bits per heavy atom. The maximum absolute atomic E-state index is 11.7. The number of aliphatic carboxylic acids is 1. The van der Waals surface area contributed by atoms with Crippen molar-refractivity contribution < 1.29 is 19.4 Å². The third-order valence-corrected chi connectivity index (χ3v) is 4.57. The van der Waals surface area contributed by atoms with Crippen molar-refractivity contribution in [2.45, 2.75) is 38.3 Å². The first-order valence-corrected chi connectivity index (χ1v) is 7.29. The molecular weight excluding hydrogens is 270 g/mol. The number of ether oxygens (including phenoxy) is 1. The molecule has 112 valence electrons. The molecule has 2 aliphatic carbocycles. The predicted molar refractivity (Wildman–Crippen MR) is 75.6 cm³/mol. The van der Waals surface area contributed by atoms with Gasteiger partial charge in [-0.3, -0.25) is 0 Å². The Hall–Kier alpha value is -2.04. The fraction of sp³-hybridized carbons (Fsp3) is 0.500. The van der Waals surface area contributed by atoms with Crippen LogP contribution in [0.15, 0.2) is 30.3 Å². The zero-order valence-electron chi connectivity index (χ0n) is 11.7. The molecule has 0 radical (unpaired) electrons. The quantitative estimate of drug-likeness (QED) is 0.844. The summed E-state index contributed by atoms with van der Waals surface area (Å²) in [6.07, 6.45) is 3.37. The van der Waals surface area contributed by atoms with Crippen LogP contribution < -0.4 is 5.32 Å². The lowest BCUT2D eigenvalue weighted by atomic mass is 10.1. The van der Waals surface area contributed by atoms with Gasteiger partial charge in [-0.25, -0.2) is 9.59 Å². The molecule has 5 nitrogen and oxygen atoms in total. The summed E-state index contributed by atoms with van der Waals surface area (Å²) in [6.45, 7) is 0.145. The Kier molecular flexibility index (Phi) is 3.57. The summed E-state index contributed by atoms with van der Waals surface area (Å²) >= 11 is 0.